The Balaban J connectivity index is 1.48. The Morgan fingerprint density at radius 2 is 1.69 bits per heavy atom. The molecule has 0 saturated heterocycles. The smallest absolute Gasteiger partial charge is 0.257 e. The highest BCUT2D eigenvalue weighted by molar-refractivity contribution is 8.17. The lowest BCUT2D eigenvalue weighted by Gasteiger charge is -2.20. The van der Waals surface area contributed by atoms with Crippen LogP contribution in [0.5, 0.6) is 11.5 Å². The number of hydrogen-bond donors (Lipinski definition) is 1. The number of methoxy groups -OCH3 is 2. The van der Waals surface area contributed by atoms with Gasteiger partial charge in [-0.25, -0.2) is 5.01 Å². The van der Waals surface area contributed by atoms with E-state index in [4.69, 9.17) is 19.6 Å². The molecule has 0 spiro atoms. The first-order valence-electron chi connectivity index (χ1n) is 11.2. The lowest BCUT2D eigenvalue weighted by Crippen LogP contribution is -2.27. The summed E-state index contributed by atoms with van der Waals surface area (Å²) in [6.07, 6.45) is 2.83. The van der Waals surface area contributed by atoms with E-state index in [2.05, 4.69) is 5.32 Å². The minimum absolute atomic E-state index is 0.205. The van der Waals surface area contributed by atoms with Gasteiger partial charge in [-0.15, -0.1) is 5.10 Å². The number of aliphatic imine (C=N–C) groups is 1. The van der Waals surface area contributed by atoms with Crippen LogP contribution in [0.2, 0.25) is 0 Å². The lowest BCUT2D eigenvalue weighted by molar-refractivity contribution is 0.0978. The lowest BCUT2D eigenvalue weighted by atomic mass is 9.96. The summed E-state index contributed by atoms with van der Waals surface area (Å²) in [6.45, 7) is 0.677. The first-order chi connectivity index (χ1) is 17.2. The summed E-state index contributed by atoms with van der Waals surface area (Å²) >= 11 is 1.39. The summed E-state index contributed by atoms with van der Waals surface area (Å²) in [5.41, 5.74) is 4.45. The fourth-order valence-electron chi connectivity index (χ4n) is 3.95. The van der Waals surface area contributed by atoms with Crippen molar-refractivity contribution in [3.63, 3.8) is 0 Å². The van der Waals surface area contributed by atoms with Gasteiger partial charge >= 0.3 is 0 Å². The number of thioether (sulfide) groups is 1. The van der Waals surface area contributed by atoms with Crippen molar-refractivity contribution < 1.29 is 14.3 Å². The Bertz CT molecular complexity index is 1340. The Labute approximate surface area is 208 Å². The molecule has 3 aromatic rings. The van der Waals surface area contributed by atoms with Gasteiger partial charge in [0.2, 0.25) is 0 Å². The summed E-state index contributed by atoms with van der Waals surface area (Å²) in [5, 5.41) is 10.8. The van der Waals surface area contributed by atoms with Gasteiger partial charge in [0, 0.05) is 17.7 Å². The molecule has 2 aliphatic rings. The number of carbonyl (C=O) groups is 1. The predicted molar refractivity (Wildman–Crippen MR) is 141 cm³/mol. The van der Waals surface area contributed by atoms with Crippen molar-refractivity contribution in [2.24, 2.45) is 10.1 Å². The van der Waals surface area contributed by atoms with Crippen molar-refractivity contribution in [1.29, 1.82) is 0 Å². The van der Waals surface area contributed by atoms with Gasteiger partial charge in [-0.1, -0.05) is 36.4 Å². The number of hydrazone groups is 1. The summed E-state index contributed by atoms with van der Waals surface area (Å²) in [5.74, 6) is 1.16. The maximum Gasteiger partial charge on any atom is 0.257 e. The van der Waals surface area contributed by atoms with E-state index in [0.29, 0.717) is 28.8 Å². The first kappa shape index (κ1) is 22.7. The molecule has 8 heteroatoms. The number of amides is 1. The second-order valence-corrected chi connectivity index (χ2v) is 8.85. The van der Waals surface area contributed by atoms with Crippen LogP contribution in [-0.2, 0) is 6.42 Å². The minimum atomic E-state index is -0.205. The average molecular weight is 485 g/mol. The second-order valence-electron chi connectivity index (χ2n) is 7.84. The number of fused-ring (bicyclic) bond motifs is 1. The number of nitrogens with one attached hydrogen (secondary N) is 1. The number of hydrogen-bond acceptors (Lipinski definition) is 7. The number of nitrogens with zero attached hydrogens (tertiary/aromatic N) is 3. The molecule has 0 aromatic heterocycles. The highest BCUT2D eigenvalue weighted by atomic mass is 32.2. The summed E-state index contributed by atoms with van der Waals surface area (Å²) < 4.78 is 11.0. The van der Waals surface area contributed by atoms with E-state index in [0.717, 1.165) is 34.0 Å². The van der Waals surface area contributed by atoms with Gasteiger partial charge < -0.3 is 9.47 Å². The minimum Gasteiger partial charge on any atom is -0.493 e. The SMILES string of the molecule is COc1cc2c(cc1OC)C(/C=C1\SC(NC(=O)c3ccccc3)=NN1c1ccccc1)=NCC2. The van der Waals surface area contributed by atoms with E-state index in [1.165, 1.54) is 11.8 Å². The van der Waals surface area contributed by atoms with Gasteiger partial charge in [0.25, 0.3) is 5.91 Å². The van der Waals surface area contributed by atoms with Gasteiger partial charge in [-0.3, -0.25) is 15.1 Å². The molecule has 2 aliphatic heterocycles. The van der Waals surface area contributed by atoms with Crippen LogP contribution >= 0.6 is 11.8 Å². The molecule has 1 amide bonds. The Kier molecular flexibility index (Phi) is 6.54. The van der Waals surface area contributed by atoms with Gasteiger partial charge in [0.05, 0.1) is 25.6 Å². The van der Waals surface area contributed by atoms with Crippen LogP contribution in [0.3, 0.4) is 0 Å². The van der Waals surface area contributed by atoms with Crippen molar-refractivity contribution in [3.8, 4) is 11.5 Å². The van der Waals surface area contributed by atoms with Gasteiger partial charge in [-0.2, -0.15) is 0 Å². The van der Waals surface area contributed by atoms with Gasteiger partial charge in [0.15, 0.2) is 16.7 Å². The van der Waals surface area contributed by atoms with Crippen molar-refractivity contribution in [1.82, 2.24) is 5.32 Å². The van der Waals surface area contributed by atoms with Crippen LogP contribution in [-0.4, -0.2) is 37.6 Å². The van der Waals surface area contributed by atoms with E-state index in [-0.39, 0.29) is 5.91 Å². The van der Waals surface area contributed by atoms with Crippen LogP contribution < -0.4 is 19.8 Å². The molecule has 0 fully saturated rings. The van der Waals surface area contributed by atoms with Crippen LogP contribution in [0, 0.1) is 0 Å². The maximum absolute atomic E-state index is 12.7. The molecular formula is C27H24N4O3S. The number of rotatable bonds is 5. The number of para-hydroxylation sites is 1. The van der Waals surface area contributed by atoms with Crippen LogP contribution in [0.15, 0.2) is 94.0 Å². The Hall–Kier alpha value is -4.04. The maximum atomic E-state index is 12.7. The third-order valence-corrected chi connectivity index (χ3v) is 6.54. The molecule has 3 aromatic carbocycles. The number of benzene rings is 3. The zero-order valence-corrected chi connectivity index (χ0v) is 20.2. The monoisotopic (exact) mass is 484 g/mol. The fraction of sp³-hybridized carbons (Fsp3) is 0.148. The van der Waals surface area contributed by atoms with E-state index < -0.39 is 0 Å². The first-order valence-corrected chi connectivity index (χ1v) is 12.0. The molecule has 0 saturated carbocycles. The predicted octanol–water partition coefficient (Wildman–Crippen LogP) is 4.84. The number of ether oxygens (including phenoxy) is 2. The number of amidine groups is 1. The molecule has 0 radical (unpaired) electrons. The zero-order valence-electron chi connectivity index (χ0n) is 19.4. The number of anilines is 1. The molecule has 176 valence electrons. The van der Waals surface area contributed by atoms with E-state index in [9.17, 15) is 4.79 Å². The molecule has 0 unspecified atom stereocenters. The molecule has 5 rings (SSSR count). The summed E-state index contributed by atoms with van der Waals surface area (Å²) in [4.78, 5) is 17.5. The van der Waals surface area contributed by atoms with Crippen molar-refractivity contribution in [2.75, 3.05) is 25.8 Å². The van der Waals surface area contributed by atoms with Gasteiger partial charge in [-0.05, 0) is 66.2 Å². The van der Waals surface area contributed by atoms with E-state index >= 15 is 0 Å². The van der Waals surface area contributed by atoms with Crippen LogP contribution in [0.25, 0.3) is 0 Å². The van der Waals surface area contributed by atoms with E-state index in [1.54, 1.807) is 26.4 Å². The van der Waals surface area contributed by atoms with Crippen LogP contribution in [0.4, 0.5) is 5.69 Å². The highest BCUT2D eigenvalue weighted by Crippen LogP contribution is 2.36. The van der Waals surface area contributed by atoms with Crippen molar-refractivity contribution in [3.05, 3.63) is 101 Å². The molecule has 0 bridgehead atoms. The van der Waals surface area contributed by atoms with Crippen molar-refractivity contribution >= 4 is 34.2 Å². The molecule has 1 N–H and O–H groups in total. The summed E-state index contributed by atoms with van der Waals surface area (Å²) in [6, 6.07) is 22.9. The third-order valence-electron chi connectivity index (χ3n) is 5.67. The third kappa shape index (κ3) is 4.79. The Morgan fingerprint density at radius 3 is 2.40 bits per heavy atom. The standard InChI is InChI=1S/C27H24N4O3S/c1-33-23-15-19-13-14-28-22(21(19)16-24(23)34-2)17-25-31(20-11-7-4-8-12-20)30-27(35-25)29-26(32)18-9-5-3-6-10-18/h3-12,15-17H,13-14H2,1-2H3,(H,29,30,32)/b25-17-. The molecule has 0 aliphatic carbocycles. The number of carbonyl (C=O) groups excluding carboxylic acids is 1. The zero-order chi connectivity index (χ0) is 24.2. The van der Waals surface area contributed by atoms with Crippen LogP contribution in [0.1, 0.15) is 21.5 Å². The quantitative estimate of drug-likeness (QED) is 0.561. The topological polar surface area (TPSA) is 75.5 Å². The summed E-state index contributed by atoms with van der Waals surface area (Å²) in [7, 11) is 3.27. The van der Waals surface area contributed by atoms with E-state index in [1.807, 2.05) is 71.7 Å². The Morgan fingerprint density at radius 1 is 1.00 bits per heavy atom. The average Bonchev–Trinajstić information content (AvgIpc) is 3.30. The highest BCUT2D eigenvalue weighted by Gasteiger charge is 2.27. The fourth-order valence-corrected chi connectivity index (χ4v) is 4.81. The molecule has 0 atom stereocenters. The second kappa shape index (κ2) is 10.1. The molecule has 35 heavy (non-hydrogen) atoms. The largest absolute Gasteiger partial charge is 0.493 e. The number of allylic oxidation sites excluding steroid dienone is 1. The van der Waals surface area contributed by atoms with Gasteiger partial charge in [0.1, 0.15) is 5.03 Å². The molecule has 2 heterocycles. The molecular weight excluding hydrogens is 460 g/mol. The molecule has 7 nitrogen and oxygen atoms in total. The van der Waals surface area contributed by atoms with Crippen molar-refractivity contribution in [2.45, 2.75) is 6.42 Å². The normalized spacial score (nSPS) is 15.8.